The van der Waals surface area contributed by atoms with E-state index < -0.39 is 12.1 Å². The van der Waals surface area contributed by atoms with Crippen molar-refractivity contribution in [2.45, 2.75) is 19.9 Å². The quantitative estimate of drug-likeness (QED) is 0.673. The third-order valence-electron chi connectivity index (χ3n) is 2.42. The fraction of sp³-hybridized carbons (Fsp3) is 0.333. The number of hydrogen-bond acceptors (Lipinski definition) is 3. The molecule has 3 amide bonds. The van der Waals surface area contributed by atoms with Gasteiger partial charge in [0.05, 0.1) is 6.04 Å². The van der Waals surface area contributed by atoms with Gasteiger partial charge in [0, 0.05) is 11.4 Å². The van der Waals surface area contributed by atoms with Crippen molar-refractivity contribution in [1.29, 1.82) is 0 Å². The van der Waals surface area contributed by atoms with Crippen LogP contribution in [0.15, 0.2) is 24.3 Å². The number of primary amides is 1. The lowest BCUT2D eigenvalue weighted by Crippen LogP contribution is -2.39. The molecule has 0 aliphatic rings. The van der Waals surface area contributed by atoms with Crippen LogP contribution in [-0.4, -0.2) is 18.0 Å². The second-order valence-corrected chi connectivity index (χ2v) is 4.33. The molecule has 0 aromatic heterocycles. The van der Waals surface area contributed by atoms with Crippen molar-refractivity contribution < 1.29 is 9.59 Å². The highest BCUT2D eigenvalue weighted by Gasteiger charge is 2.17. The maximum atomic E-state index is 11.7. The van der Waals surface area contributed by atoms with E-state index in [1.807, 2.05) is 13.8 Å². The average molecular weight is 287 g/mol. The Labute approximate surface area is 118 Å². The number of urea groups is 1. The average Bonchev–Trinajstić information content (AvgIpc) is 2.27. The monoisotopic (exact) mass is 286 g/mol. The maximum Gasteiger partial charge on any atom is 0.316 e. The molecule has 0 heterocycles. The first-order chi connectivity index (χ1) is 8.40. The van der Waals surface area contributed by atoms with Crippen molar-refractivity contribution in [3.8, 4) is 0 Å². The summed E-state index contributed by atoms with van der Waals surface area (Å²) in [6.45, 7) is 3.74. The predicted molar refractivity (Wildman–Crippen MR) is 78.3 cm³/mol. The summed E-state index contributed by atoms with van der Waals surface area (Å²) in [5.41, 5.74) is 11.8. The first-order valence-electron chi connectivity index (χ1n) is 5.63. The second-order valence-electron chi connectivity index (χ2n) is 4.33. The van der Waals surface area contributed by atoms with Crippen LogP contribution in [-0.2, 0) is 4.79 Å². The molecule has 6 N–H and O–H groups in total. The molecule has 1 aromatic carbocycles. The van der Waals surface area contributed by atoms with Crippen LogP contribution in [0.5, 0.6) is 0 Å². The molecule has 0 radical (unpaired) electrons. The lowest BCUT2D eigenvalue weighted by molar-refractivity contribution is -0.118. The van der Waals surface area contributed by atoms with Crippen molar-refractivity contribution in [3.05, 3.63) is 24.3 Å². The molecule has 0 bridgehead atoms. The van der Waals surface area contributed by atoms with Gasteiger partial charge in [-0.3, -0.25) is 4.79 Å². The van der Waals surface area contributed by atoms with Crippen molar-refractivity contribution in [3.63, 3.8) is 0 Å². The van der Waals surface area contributed by atoms with E-state index in [4.69, 9.17) is 11.5 Å². The Morgan fingerprint density at radius 1 is 1.16 bits per heavy atom. The lowest BCUT2D eigenvalue weighted by atomic mass is 10.0. The van der Waals surface area contributed by atoms with E-state index in [1.165, 1.54) is 0 Å². The Morgan fingerprint density at radius 2 is 1.68 bits per heavy atom. The Balaban J connectivity index is 0.00000324. The molecule has 0 spiro atoms. The molecular formula is C12H19ClN4O2. The van der Waals surface area contributed by atoms with Gasteiger partial charge >= 0.3 is 6.03 Å². The van der Waals surface area contributed by atoms with Crippen LogP contribution in [0.25, 0.3) is 0 Å². The van der Waals surface area contributed by atoms with Gasteiger partial charge in [0.25, 0.3) is 0 Å². The van der Waals surface area contributed by atoms with E-state index >= 15 is 0 Å². The highest BCUT2D eigenvalue weighted by Crippen LogP contribution is 2.15. The highest BCUT2D eigenvalue weighted by molar-refractivity contribution is 5.96. The summed E-state index contributed by atoms with van der Waals surface area (Å²) in [7, 11) is 0. The van der Waals surface area contributed by atoms with Gasteiger partial charge in [-0.05, 0) is 24.1 Å². The Bertz CT molecular complexity index is 451. The SMILES string of the molecule is CC(C)[C@@H](N)C(=O)Nc1cccc(NC(N)=O)c1.Cl. The predicted octanol–water partition coefficient (Wildman–Crippen LogP) is 1.52. The summed E-state index contributed by atoms with van der Waals surface area (Å²) < 4.78 is 0. The summed E-state index contributed by atoms with van der Waals surface area (Å²) in [4.78, 5) is 22.4. The molecule has 19 heavy (non-hydrogen) atoms. The van der Waals surface area contributed by atoms with Crippen LogP contribution in [0.1, 0.15) is 13.8 Å². The van der Waals surface area contributed by atoms with Crippen molar-refractivity contribution in [2.24, 2.45) is 17.4 Å². The number of amides is 3. The Morgan fingerprint density at radius 3 is 2.16 bits per heavy atom. The number of nitrogens with two attached hydrogens (primary N) is 2. The van der Waals surface area contributed by atoms with Crippen molar-refractivity contribution in [1.82, 2.24) is 0 Å². The van der Waals surface area contributed by atoms with E-state index in [9.17, 15) is 9.59 Å². The molecule has 0 aliphatic heterocycles. The minimum atomic E-state index is -0.655. The number of benzene rings is 1. The van der Waals surface area contributed by atoms with E-state index in [1.54, 1.807) is 24.3 Å². The van der Waals surface area contributed by atoms with Crippen LogP contribution in [0.2, 0.25) is 0 Å². The number of anilines is 2. The molecule has 0 saturated heterocycles. The summed E-state index contributed by atoms with van der Waals surface area (Å²) >= 11 is 0. The number of hydrogen-bond donors (Lipinski definition) is 4. The van der Waals surface area contributed by atoms with E-state index in [-0.39, 0.29) is 24.2 Å². The zero-order chi connectivity index (χ0) is 13.7. The molecule has 7 heteroatoms. The standard InChI is InChI=1S/C12H18N4O2.ClH/c1-7(2)10(13)11(17)15-8-4-3-5-9(6-8)16-12(14)18;/h3-7,10H,13H2,1-2H3,(H,15,17)(H3,14,16,18);1H/t10-;/m1./s1. The Hall–Kier alpha value is -1.79. The van der Waals surface area contributed by atoms with Crippen LogP contribution in [0.3, 0.4) is 0 Å². The number of rotatable bonds is 4. The van der Waals surface area contributed by atoms with Gasteiger partial charge in [-0.2, -0.15) is 0 Å². The van der Waals surface area contributed by atoms with Gasteiger partial charge in [-0.1, -0.05) is 19.9 Å². The van der Waals surface area contributed by atoms with Gasteiger partial charge < -0.3 is 22.1 Å². The molecule has 6 nitrogen and oxygen atoms in total. The topological polar surface area (TPSA) is 110 Å². The van der Waals surface area contributed by atoms with E-state index in [2.05, 4.69) is 10.6 Å². The minimum Gasteiger partial charge on any atom is -0.351 e. The third-order valence-corrected chi connectivity index (χ3v) is 2.42. The van der Waals surface area contributed by atoms with E-state index in [0.29, 0.717) is 11.4 Å². The lowest BCUT2D eigenvalue weighted by Gasteiger charge is -2.15. The van der Waals surface area contributed by atoms with Gasteiger partial charge in [0.15, 0.2) is 0 Å². The number of carbonyl (C=O) groups is 2. The molecule has 0 fully saturated rings. The van der Waals surface area contributed by atoms with Gasteiger partial charge in [0.1, 0.15) is 0 Å². The second kappa shape index (κ2) is 7.60. The highest BCUT2D eigenvalue weighted by atomic mass is 35.5. The third kappa shape index (κ3) is 5.58. The summed E-state index contributed by atoms with van der Waals surface area (Å²) in [6, 6.07) is 5.45. The summed E-state index contributed by atoms with van der Waals surface area (Å²) in [5, 5.41) is 5.11. The fourth-order valence-corrected chi connectivity index (χ4v) is 1.35. The first kappa shape index (κ1) is 17.2. The summed E-state index contributed by atoms with van der Waals surface area (Å²) in [6.07, 6.45) is 0. The van der Waals surface area contributed by atoms with Crippen LogP contribution >= 0.6 is 12.4 Å². The molecule has 1 atom stereocenters. The van der Waals surface area contributed by atoms with Crippen LogP contribution < -0.4 is 22.1 Å². The fourth-order valence-electron chi connectivity index (χ4n) is 1.35. The minimum absolute atomic E-state index is 0. The van der Waals surface area contributed by atoms with Crippen LogP contribution in [0.4, 0.5) is 16.2 Å². The largest absolute Gasteiger partial charge is 0.351 e. The zero-order valence-corrected chi connectivity index (χ0v) is 11.7. The number of carbonyl (C=O) groups excluding carboxylic acids is 2. The summed E-state index contributed by atoms with van der Waals surface area (Å²) in [5.74, 6) is -0.210. The van der Waals surface area contributed by atoms with Gasteiger partial charge in [-0.15, -0.1) is 12.4 Å². The molecular weight excluding hydrogens is 268 g/mol. The Kier molecular flexibility index (Phi) is 6.89. The molecule has 106 valence electrons. The normalized spacial score (nSPS) is 11.4. The number of halogens is 1. The van der Waals surface area contributed by atoms with Gasteiger partial charge in [0.2, 0.25) is 5.91 Å². The van der Waals surface area contributed by atoms with Crippen molar-refractivity contribution >= 4 is 35.7 Å². The molecule has 1 aromatic rings. The zero-order valence-electron chi connectivity index (χ0n) is 10.8. The first-order valence-corrected chi connectivity index (χ1v) is 5.63. The smallest absolute Gasteiger partial charge is 0.316 e. The number of nitrogens with one attached hydrogen (secondary N) is 2. The van der Waals surface area contributed by atoms with Gasteiger partial charge in [-0.25, -0.2) is 4.79 Å². The van der Waals surface area contributed by atoms with Crippen LogP contribution in [0, 0.1) is 5.92 Å². The molecule has 1 rings (SSSR count). The molecule has 0 aliphatic carbocycles. The van der Waals surface area contributed by atoms with Crippen molar-refractivity contribution in [2.75, 3.05) is 10.6 Å². The molecule has 0 saturated carbocycles. The van der Waals surface area contributed by atoms with E-state index in [0.717, 1.165) is 0 Å². The molecule has 0 unspecified atom stereocenters. The maximum absolute atomic E-state index is 11.7.